The van der Waals surface area contributed by atoms with Crippen LogP contribution in [0.1, 0.15) is 41.5 Å². The summed E-state index contributed by atoms with van der Waals surface area (Å²) < 4.78 is 20.5. The van der Waals surface area contributed by atoms with Gasteiger partial charge in [0.25, 0.3) is 0 Å². The van der Waals surface area contributed by atoms with Crippen molar-refractivity contribution in [1.29, 1.82) is 0 Å². The molecule has 0 saturated heterocycles. The summed E-state index contributed by atoms with van der Waals surface area (Å²) in [6.07, 6.45) is 0.390. The Balaban J connectivity index is 0.00000461. The number of carbonyl (C=O) groups is 2. The van der Waals surface area contributed by atoms with Gasteiger partial charge in [-0.15, -0.1) is 12.4 Å². The lowest BCUT2D eigenvalue weighted by molar-refractivity contribution is -0.132. The lowest BCUT2D eigenvalue weighted by Gasteiger charge is -2.23. The number of carbonyl (C=O) groups excluding carboxylic acids is 2. The smallest absolute Gasteiger partial charge is 0.243 e. The molecule has 6 nitrogen and oxygen atoms in total. The van der Waals surface area contributed by atoms with Gasteiger partial charge in [0, 0.05) is 29.2 Å². The van der Waals surface area contributed by atoms with Crippen molar-refractivity contribution in [2.45, 2.75) is 38.4 Å². The van der Waals surface area contributed by atoms with Gasteiger partial charge in [-0.3, -0.25) is 14.9 Å². The zero-order valence-corrected chi connectivity index (χ0v) is 26.2. The van der Waals surface area contributed by atoms with Crippen molar-refractivity contribution >= 4 is 46.6 Å². The number of hydrogen-bond donors (Lipinski definition) is 3. The first-order chi connectivity index (χ1) is 21.4. The van der Waals surface area contributed by atoms with Crippen LogP contribution in [-0.2, 0) is 22.7 Å². The third-order valence-corrected chi connectivity index (χ3v) is 7.72. The summed E-state index contributed by atoms with van der Waals surface area (Å²) in [5, 5.41) is 8.08. The lowest BCUT2D eigenvalue weighted by Crippen LogP contribution is -2.47. The molecule has 0 aliphatic carbocycles. The largest absolute Gasteiger partial charge is 0.457 e. The standard InChI is InChI=1S/C36H33ClFN3O3.ClH/c1-2-32(40-22-27-11-5-6-13-31(27)38)35(42)41-36(43)34(26-15-14-24-9-3-4-10-25(24)19-26)30-17-16-28(37)20-33(30)44-29-12-7-8-23(18-29)21-39;/h3-20,32,34,40H,2,21-22,39H2,1H3,(H,41,42,43);1H. The van der Waals surface area contributed by atoms with Crippen LogP contribution in [0.5, 0.6) is 11.5 Å². The summed E-state index contributed by atoms with van der Waals surface area (Å²) in [5.74, 6) is -1.41. The zero-order valence-electron chi connectivity index (χ0n) is 24.6. The Labute approximate surface area is 273 Å². The molecule has 0 aromatic heterocycles. The number of nitrogens with two attached hydrogens (primary N) is 1. The Morgan fingerprint density at radius 2 is 1.62 bits per heavy atom. The molecule has 9 heteroatoms. The number of imide groups is 1. The molecule has 5 aromatic rings. The highest BCUT2D eigenvalue weighted by Crippen LogP contribution is 2.38. The van der Waals surface area contributed by atoms with Crippen LogP contribution in [-0.4, -0.2) is 17.9 Å². The molecule has 0 fully saturated rings. The van der Waals surface area contributed by atoms with Crippen LogP contribution in [0.3, 0.4) is 0 Å². The van der Waals surface area contributed by atoms with Gasteiger partial charge in [-0.1, -0.05) is 97.4 Å². The third kappa shape index (κ3) is 8.26. The van der Waals surface area contributed by atoms with Gasteiger partial charge in [-0.25, -0.2) is 4.39 Å². The molecule has 2 atom stereocenters. The fraction of sp³-hybridized carbons (Fsp3) is 0.167. The number of rotatable bonds is 11. The minimum atomic E-state index is -0.919. The van der Waals surface area contributed by atoms with E-state index >= 15 is 0 Å². The predicted octanol–water partition coefficient (Wildman–Crippen LogP) is 7.65. The van der Waals surface area contributed by atoms with E-state index in [2.05, 4.69) is 10.6 Å². The minimum Gasteiger partial charge on any atom is -0.457 e. The first-order valence-corrected chi connectivity index (χ1v) is 14.8. The van der Waals surface area contributed by atoms with Crippen LogP contribution in [0.2, 0.25) is 5.02 Å². The molecule has 0 heterocycles. The van der Waals surface area contributed by atoms with Crippen molar-refractivity contribution in [3.8, 4) is 11.5 Å². The Bertz CT molecular complexity index is 1800. The molecule has 5 rings (SSSR count). The van der Waals surface area contributed by atoms with Crippen LogP contribution < -0.4 is 21.1 Å². The van der Waals surface area contributed by atoms with Gasteiger partial charge in [0.05, 0.1) is 12.0 Å². The number of halogens is 3. The molecule has 5 aromatic carbocycles. The first-order valence-electron chi connectivity index (χ1n) is 14.4. The molecule has 2 unspecified atom stereocenters. The van der Waals surface area contributed by atoms with Crippen molar-refractivity contribution in [3.05, 3.63) is 142 Å². The second-order valence-corrected chi connectivity index (χ2v) is 10.9. The molecule has 0 saturated carbocycles. The molecule has 0 spiro atoms. The van der Waals surface area contributed by atoms with Crippen LogP contribution in [0.15, 0.2) is 109 Å². The monoisotopic (exact) mass is 645 g/mol. The summed E-state index contributed by atoms with van der Waals surface area (Å²) in [6.45, 7) is 2.30. The van der Waals surface area contributed by atoms with Crippen LogP contribution in [0.25, 0.3) is 10.8 Å². The van der Waals surface area contributed by atoms with Gasteiger partial charge < -0.3 is 15.8 Å². The highest BCUT2D eigenvalue weighted by Gasteiger charge is 2.30. The van der Waals surface area contributed by atoms with E-state index in [0.29, 0.717) is 46.2 Å². The quantitative estimate of drug-likeness (QED) is 0.137. The SMILES string of the molecule is CCC(NCc1ccccc1F)C(=O)NC(=O)C(c1ccc2ccccc2c1)c1ccc(Cl)cc1Oc1cccc(CN)c1.Cl. The predicted molar refractivity (Wildman–Crippen MR) is 179 cm³/mol. The van der Waals surface area contributed by atoms with Crippen LogP contribution in [0.4, 0.5) is 4.39 Å². The number of benzene rings is 5. The van der Waals surface area contributed by atoms with Crippen molar-refractivity contribution in [2.24, 2.45) is 5.73 Å². The van der Waals surface area contributed by atoms with E-state index in [-0.39, 0.29) is 24.8 Å². The Morgan fingerprint density at radius 3 is 2.38 bits per heavy atom. The zero-order chi connectivity index (χ0) is 31.1. The number of ether oxygens (including phenoxy) is 1. The summed E-state index contributed by atoms with van der Waals surface area (Å²) in [6, 6.07) is 31.7. The number of hydrogen-bond acceptors (Lipinski definition) is 5. The highest BCUT2D eigenvalue weighted by molar-refractivity contribution is 6.30. The van der Waals surface area contributed by atoms with E-state index in [1.54, 1.807) is 42.5 Å². The van der Waals surface area contributed by atoms with E-state index in [1.807, 2.05) is 67.6 Å². The van der Waals surface area contributed by atoms with Crippen molar-refractivity contribution in [1.82, 2.24) is 10.6 Å². The van der Waals surface area contributed by atoms with Crippen molar-refractivity contribution in [3.63, 3.8) is 0 Å². The van der Waals surface area contributed by atoms with Gasteiger partial charge in [-0.05, 0) is 58.7 Å². The number of amides is 2. The topological polar surface area (TPSA) is 93.5 Å². The van der Waals surface area contributed by atoms with E-state index in [4.69, 9.17) is 22.1 Å². The van der Waals surface area contributed by atoms with Crippen LogP contribution in [0, 0.1) is 5.82 Å². The van der Waals surface area contributed by atoms with Crippen molar-refractivity contribution in [2.75, 3.05) is 0 Å². The van der Waals surface area contributed by atoms with Gasteiger partial charge in [0.2, 0.25) is 11.8 Å². The fourth-order valence-electron chi connectivity index (χ4n) is 5.14. The molecule has 0 aliphatic rings. The van der Waals surface area contributed by atoms with Gasteiger partial charge in [0.1, 0.15) is 17.3 Å². The van der Waals surface area contributed by atoms with Gasteiger partial charge >= 0.3 is 0 Å². The Morgan fingerprint density at radius 1 is 0.867 bits per heavy atom. The second kappa shape index (κ2) is 15.6. The average Bonchev–Trinajstić information content (AvgIpc) is 3.03. The third-order valence-electron chi connectivity index (χ3n) is 7.49. The summed E-state index contributed by atoms with van der Waals surface area (Å²) in [5.41, 5.74) is 8.35. The summed E-state index contributed by atoms with van der Waals surface area (Å²) in [4.78, 5) is 27.5. The lowest BCUT2D eigenvalue weighted by atomic mass is 9.88. The van der Waals surface area contributed by atoms with E-state index in [9.17, 15) is 14.0 Å². The van der Waals surface area contributed by atoms with E-state index in [1.165, 1.54) is 6.07 Å². The molecule has 4 N–H and O–H groups in total. The normalized spacial score (nSPS) is 12.2. The second-order valence-electron chi connectivity index (χ2n) is 10.5. The maximum atomic E-state index is 14.2. The number of fused-ring (bicyclic) bond motifs is 1. The molecular weight excluding hydrogens is 612 g/mol. The molecule has 45 heavy (non-hydrogen) atoms. The molecule has 0 radical (unpaired) electrons. The maximum Gasteiger partial charge on any atom is 0.243 e. The fourth-order valence-corrected chi connectivity index (χ4v) is 5.30. The molecular formula is C36H34Cl2FN3O3. The molecule has 0 bridgehead atoms. The highest BCUT2D eigenvalue weighted by atomic mass is 35.5. The van der Waals surface area contributed by atoms with Gasteiger partial charge in [-0.2, -0.15) is 0 Å². The Hall–Kier alpha value is -4.27. The minimum absolute atomic E-state index is 0. The molecule has 2 amide bonds. The maximum absolute atomic E-state index is 14.2. The first kappa shape index (κ1) is 33.6. The average molecular weight is 647 g/mol. The molecule has 232 valence electrons. The number of nitrogens with one attached hydrogen (secondary N) is 2. The molecule has 0 aliphatic heterocycles. The Kier molecular flexibility index (Phi) is 11.7. The van der Waals surface area contributed by atoms with E-state index in [0.717, 1.165) is 16.3 Å². The summed E-state index contributed by atoms with van der Waals surface area (Å²) in [7, 11) is 0. The van der Waals surface area contributed by atoms with Gasteiger partial charge in [0.15, 0.2) is 0 Å². The van der Waals surface area contributed by atoms with Crippen molar-refractivity contribution < 1.29 is 18.7 Å². The van der Waals surface area contributed by atoms with Crippen LogP contribution >= 0.6 is 24.0 Å². The van der Waals surface area contributed by atoms with E-state index < -0.39 is 23.8 Å². The summed E-state index contributed by atoms with van der Waals surface area (Å²) >= 11 is 6.40.